The SMILES string of the molecule is Cc1c(Cl)cc(S(=O)(=O)N2CCNCC2c2cccnc2)cc1Cl. The van der Waals surface area contributed by atoms with Crippen molar-refractivity contribution < 1.29 is 8.42 Å². The molecule has 1 N–H and O–H groups in total. The van der Waals surface area contributed by atoms with E-state index in [4.69, 9.17) is 23.2 Å². The molecule has 1 aromatic carbocycles. The minimum absolute atomic E-state index is 0.110. The van der Waals surface area contributed by atoms with Crippen molar-refractivity contribution in [3.8, 4) is 0 Å². The second kappa shape index (κ2) is 6.98. The molecular weight excluding hydrogens is 369 g/mol. The van der Waals surface area contributed by atoms with Crippen LogP contribution in [0.5, 0.6) is 0 Å². The minimum atomic E-state index is -3.72. The fraction of sp³-hybridized carbons (Fsp3) is 0.312. The van der Waals surface area contributed by atoms with Gasteiger partial charge in [0.2, 0.25) is 10.0 Å². The Morgan fingerprint density at radius 3 is 2.62 bits per heavy atom. The van der Waals surface area contributed by atoms with Crippen molar-refractivity contribution in [3.63, 3.8) is 0 Å². The predicted molar refractivity (Wildman–Crippen MR) is 94.9 cm³/mol. The van der Waals surface area contributed by atoms with E-state index in [1.165, 1.54) is 16.4 Å². The Morgan fingerprint density at radius 2 is 2.00 bits per heavy atom. The van der Waals surface area contributed by atoms with E-state index in [9.17, 15) is 8.42 Å². The molecule has 5 nitrogen and oxygen atoms in total. The summed E-state index contributed by atoms with van der Waals surface area (Å²) in [6.07, 6.45) is 3.35. The summed E-state index contributed by atoms with van der Waals surface area (Å²) in [7, 11) is -3.72. The summed E-state index contributed by atoms with van der Waals surface area (Å²) in [5.74, 6) is 0. The summed E-state index contributed by atoms with van der Waals surface area (Å²) in [6, 6.07) is 6.27. The summed E-state index contributed by atoms with van der Waals surface area (Å²) in [6.45, 7) is 3.23. The molecule has 1 unspecified atom stereocenters. The second-order valence-corrected chi connectivity index (χ2v) is 8.34. The highest BCUT2D eigenvalue weighted by Gasteiger charge is 2.35. The maximum Gasteiger partial charge on any atom is 0.243 e. The first-order chi connectivity index (χ1) is 11.4. The number of nitrogens with one attached hydrogen (secondary N) is 1. The zero-order valence-corrected chi connectivity index (χ0v) is 15.4. The van der Waals surface area contributed by atoms with Gasteiger partial charge in [0.15, 0.2) is 0 Å². The van der Waals surface area contributed by atoms with Gasteiger partial charge in [0.05, 0.1) is 10.9 Å². The van der Waals surface area contributed by atoms with Crippen LogP contribution in [0.2, 0.25) is 10.0 Å². The molecule has 2 aromatic rings. The molecule has 0 saturated carbocycles. The number of pyridine rings is 1. The summed E-state index contributed by atoms with van der Waals surface area (Å²) < 4.78 is 27.8. The van der Waals surface area contributed by atoms with Crippen molar-refractivity contribution >= 4 is 33.2 Å². The Bertz CT molecular complexity index is 821. The molecular formula is C16H17Cl2N3O2S. The van der Waals surface area contributed by atoms with E-state index in [2.05, 4.69) is 10.3 Å². The molecule has 0 aliphatic carbocycles. The first-order valence-corrected chi connectivity index (χ1v) is 9.69. The molecule has 1 aliphatic rings. The number of piperazine rings is 1. The molecule has 0 spiro atoms. The van der Waals surface area contributed by atoms with Crippen LogP contribution in [-0.4, -0.2) is 37.3 Å². The normalized spacial score (nSPS) is 19.4. The molecule has 1 aliphatic heterocycles. The largest absolute Gasteiger partial charge is 0.313 e. The molecule has 1 aromatic heterocycles. The Hall–Kier alpha value is -1.18. The van der Waals surface area contributed by atoms with Gasteiger partial charge in [-0.1, -0.05) is 29.3 Å². The van der Waals surface area contributed by atoms with E-state index in [1.807, 2.05) is 6.07 Å². The lowest BCUT2D eigenvalue weighted by atomic mass is 10.1. The van der Waals surface area contributed by atoms with Crippen molar-refractivity contribution in [3.05, 3.63) is 57.8 Å². The van der Waals surface area contributed by atoms with Gasteiger partial charge in [-0.3, -0.25) is 4.98 Å². The van der Waals surface area contributed by atoms with Crippen LogP contribution in [0.3, 0.4) is 0 Å². The van der Waals surface area contributed by atoms with E-state index in [0.29, 0.717) is 35.2 Å². The Labute approximate surface area is 151 Å². The van der Waals surface area contributed by atoms with E-state index in [1.54, 1.807) is 25.4 Å². The quantitative estimate of drug-likeness (QED) is 0.881. The van der Waals surface area contributed by atoms with Gasteiger partial charge in [-0.2, -0.15) is 4.31 Å². The second-order valence-electron chi connectivity index (χ2n) is 5.63. The molecule has 2 heterocycles. The first kappa shape index (κ1) is 17.6. The fourth-order valence-corrected chi connectivity index (χ4v) is 5.02. The van der Waals surface area contributed by atoms with Crippen LogP contribution in [-0.2, 0) is 10.0 Å². The van der Waals surface area contributed by atoms with Gasteiger partial charge < -0.3 is 5.32 Å². The molecule has 1 atom stereocenters. The molecule has 8 heteroatoms. The van der Waals surface area contributed by atoms with Gasteiger partial charge in [0, 0.05) is 42.1 Å². The smallest absolute Gasteiger partial charge is 0.243 e. The van der Waals surface area contributed by atoms with E-state index < -0.39 is 10.0 Å². The van der Waals surface area contributed by atoms with E-state index in [0.717, 1.165) is 5.56 Å². The number of hydrogen-bond acceptors (Lipinski definition) is 4. The molecule has 3 rings (SSSR count). The average Bonchev–Trinajstić information content (AvgIpc) is 2.60. The lowest BCUT2D eigenvalue weighted by molar-refractivity contribution is 0.271. The Kier molecular flexibility index (Phi) is 5.13. The van der Waals surface area contributed by atoms with Crippen molar-refractivity contribution in [1.82, 2.24) is 14.6 Å². The number of rotatable bonds is 3. The number of nitrogens with zero attached hydrogens (tertiary/aromatic N) is 2. The molecule has 1 saturated heterocycles. The van der Waals surface area contributed by atoms with Crippen LogP contribution in [0.4, 0.5) is 0 Å². The highest BCUT2D eigenvalue weighted by Crippen LogP contribution is 2.33. The molecule has 24 heavy (non-hydrogen) atoms. The standard InChI is InChI=1S/C16H17Cl2N3O2S/c1-11-14(17)7-13(8-15(11)18)24(22,23)21-6-5-20-10-16(21)12-3-2-4-19-9-12/h2-4,7-9,16,20H,5-6,10H2,1H3. The van der Waals surface area contributed by atoms with Gasteiger partial charge in [-0.25, -0.2) is 8.42 Å². The minimum Gasteiger partial charge on any atom is -0.313 e. The van der Waals surface area contributed by atoms with Crippen LogP contribution >= 0.6 is 23.2 Å². The topological polar surface area (TPSA) is 62.3 Å². The van der Waals surface area contributed by atoms with Gasteiger partial charge in [-0.15, -0.1) is 0 Å². The summed E-state index contributed by atoms with van der Waals surface area (Å²) in [4.78, 5) is 4.21. The summed E-state index contributed by atoms with van der Waals surface area (Å²) in [5, 5.41) is 3.92. The van der Waals surface area contributed by atoms with Crippen molar-refractivity contribution in [2.24, 2.45) is 0 Å². The molecule has 1 fully saturated rings. The van der Waals surface area contributed by atoms with Crippen molar-refractivity contribution in [2.75, 3.05) is 19.6 Å². The van der Waals surface area contributed by atoms with Crippen molar-refractivity contribution in [2.45, 2.75) is 17.9 Å². The third kappa shape index (κ3) is 3.30. The van der Waals surface area contributed by atoms with Gasteiger partial charge in [0.25, 0.3) is 0 Å². The lowest BCUT2D eigenvalue weighted by Crippen LogP contribution is -2.48. The van der Waals surface area contributed by atoms with Crippen LogP contribution in [0.25, 0.3) is 0 Å². The molecule has 0 amide bonds. The monoisotopic (exact) mass is 385 g/mol. The van der Waals surface area contributed by atoms with Crippen LogP contribution in [0.15, 0.2) is 41.6 Å². The van der Waals surface area contributed by atoms with Crippen LogP contribution in [0.1, 0.15) is 17.2 Å². The molecule has 0 bridgehead atoms. The lowest BCUT2D eigenvalue weighted by Gasteiger charge is -2.35. The summed E-state index contributed by atoms with van der Waals surface area (Å²) in [5.41, 5.74) is 1.51. The molecule has 0 radical (unpaired) electrons. The zero-order valence-electron chi connectivity index (χ0n) is 13.0. The predicted octanol–water partition coefficient (Wildman–Crippen LogP) is 3.03. The third-order valence-corrected chi connectivity index (χ3v) is 6.80. The van der Waals surface area contributed by atoms with E-state index >= 15 is 0 Å². The highest BCUT2D eigenvalue weighted by molar-refractivity contribution is 7.89. The van der Waals surface area contributed by atoms with Crippen molar-refractivity contribution in [1.29, 1.82) is 0 Å². The number of benzene rings is 1. The number of sulfonamides is 1. The zero-order chi connectivity index (χ0) is 17.3. The number of halogens is 2. The highest BCUT2D eigenvalue weighted by atomic mass is 35.5. The fourth-order valence-electron chi connectivity index (χ4n) is 2.74. The van der Waals surface area contributed by atoms with Gasteiger partial charge in [0.1, 0.15) is 0 Å². The van der Waals surface area contributed by atoms with Gasteiger partial charge in [-0.05, 0) is 36.2 Å². The Morgan fingerprint density at radius 1 is 1.29 bits per heavy atom. The maximum atomic E-state index is 13.1. The number of hydrogen-bond donors (Lipinski definition) is 1. The first-order valence-electron chi connectivity index (χ1n) is 7.49. The summed E-state index contributed by atoms with van der Waals surface area (Å²) >= 11 is 12.3. The van der Waals surface area contributed by atoms with Crippen LogP contribution in [0, 0.1) is 6.92 Å². The number of aromatic nitrogens is 1. The molecule has 128 valence electrons. The van der Waals surface area contributed by atoms with Gasteiger partial charge >= 0.3 is 0 Å². The maximum absolute atomic E-state index is 13.1. The third-order valence-electron chi connectivity index (χ3n) is 4.12. The van der Waals surface area contributed by atoms with E-state index in [-0.39, 0.29) is 10.9 Å². The Balaban J connectivity index is 2.04. The average molecular weight is 386 g/mol. The van der Waals surface area contributed by atoms with Crippen LogP contribution < -0.4 is 5.32 Å².